The average Bonchev–Trinajstić information content (AvgIpc) is 2.53. The first-order valence-corrected chi connectivity index (χ1v) is 6.20. The second-order valence-electron chi connectivity index (χ2n) is 4.27. The normalized spacial score (nSPS) is 9.95. The molecule has 0 bridgehead atoms. The van der Waals surface area contributed by atoms with Crippen LogP contribution in [0.2, 0.25) is 0 Å². The van der Waals surface area contributed by atoms with Crippen LogP contribution in [0.15, 0.2) is 42.6 Å². The Kier molecular flexibility index (Phi) is 4.50. The maximum atomic E-state index is 11.9. The van der Waals surface area contributed by atoms with E-state index in [1.54, 1.807) is 19.2 Å². The van der Waals surface area contributed by atoms with Crippen LogP contribution in [0, 0.1) is 0 Å². The van der Waals surface area contributed by atoms with Crippen LogP contribution in [0.25, 0.3) is 0 Å². The van der Waals surface area contributed by atoms with Crippen LogP contribution in [0.5, 0.6) is 5.75 Å². The molecule has 0 aliphatic heterocycles. The summed E-state index contributed by atoms with van der Waals surface area (Å²) in [5.74, 6) is -0.688. The molecule has 0 aliphatic rings. The number of carbonyl (C=O) groups is 2. The van der Waals surface area contributed by atoms with Gasteiger partial charge in [-0.2, -0.15) is 0 Å². The van der Waals surface area contributed by atoms with E-state index >= 15 is 0 Å². The fraction of sp³-hybridized carbons (Fsp3) is 0.133. The molecule has 0 aliphatic carbocycles. The minimum atomic E-state index is -1.08. The Hall–Kier alpha value is -2.89. The molecular formula is C15H14N2O4. The predicted octanol–water partition coefficient (Wildman–Crippen LogP) is 1.72. The van der Waals surface area contributed by atoms with Gasteiger partial charge in [-0.3, -0.25) is 9.78 Å². The van der Waals surface area contributed by atoms with Crippen molar-refractivity contribution in [3.05, 3.63) is 59.4 Å². The standard InChI is InChI=1S/C15H14N2O4/c1-21-12-5-2-10(3-6-12)8-17-14(18)13-7-4-11(9-16-13)15(19)20/h2-7,9H,8H2,1H3,(H,17,18)(H,19,20). The molecular weight excluding hydrogens is 272 g/mol. The quantitative estimate of drug-likeness (QED) is 0.873. The monoisotopic (exact) mass is 286 g/mol. The lowest BCUT2D eigenvalue weighted by Gasteiger charge is -2.06. The Labute approximate surface area is 121 Å². The molecule has 0 saturated heterocycles. The third kappa shape index (κ3) is 3.79. The van der Waals surface area contributed by atoms with Crippen LogP contribution in [0.3, 0.4) is 0 Å². The number of benzene rings is 1. The van der Waals surface area contributed by atoms with Gasteiger partial charge in [-0.05, 0) is 29.8 Å². The summed E-state index contributed by atoms with van der Waals surface area (Å²) in [4.78, 5) is 26.4. The van der Waals surface area contributed by atoms with Crippen molar-refractivity contribution in [1.29, 1.82) is 0 Å². The molecule has 2 N–H and O–H groups in total. The van der Waals surface area contributed by atoms with Gasteiger partial charge in [-0.25, -0.2) is 4.79 Å². The van der Waals surface area contributed by atoms with Gasteiger partial charge < -0.3 is 15.2 Å². The minimum Gasteiger partial charge on any atom is -0.497 e. The Morgan fingerprint density at radius 3 is 2.43 bits per heavy atom. The van der Waals surface area contributed by atoms with E-state index in [1.165, 1.54) is 12.1 Å². The highest BCUT2D eigenvalue weighted by Crippen LogP contribution is 2.11. The number of carbonyl (C=O) groups excluding carboxylic acids is 1. The molecule has 0 unspecified atom stereocenters. The largest absolute Gasteiger partial charge is 0.497 e. The van der Waals surface area contributed by atoms with Crippen molar-refractivity contribution >= 4 is 11.9 Å². The van der Waals surface area contributed by atoms with Crippen LogP contribution in [-0.4, -0.2) is 29.1 Å². The number of nitrogens with zero attached hydrogens (tertiary/aromatic N) is 1. The zero-order valence-corrected chi connectivity index (χ0v) is 11.4. The molecule has 0 radical (unpaired) electrons. The Morgan fingerprint density at radius 2 is 1.90 bits per heavy atom. The van der Waals surface area contributed by atoms with Crippen LogP contribution in [0.1, 0.15) is 26.4 Å². The lowest BCUT2D eigenvalue weighted by molar-refractivity contribution is 0.0695. The summed E-state index contributed by atoms with van der Waals surface area (Å²) in [6.45, 7) is 0.352. The molecule has 6 heteroatoms. The van der Waals surface area contributed by atoms with E-state index in [2.05, 4.69) is 10.3 Å². The van der Waals surface area contributed by atoms with Crippen LogP contribution < -0.4 is 10.1 Å². The second kappa shape index (κ2) is 6.51. The second-order valence-corrected chi connectivity index (χ2v) is 4.27. The van der Waals surface area contributed by atoms with E-state index < -0.39 is 5.97 Å². The fourth-order valence-electron chi connectivity index (χ4n) is 1.67. The molecule has 2 aromatic rings. The molecule has 1 heterocycles. The molecule has 21 heavy (non-hydrogen) atoms. The summed E-state index contributed by atoms with van der Waals surface area (Å²) >= 11 is 0. The maximum absolute atomic E-state index is 11.9. The number of pyridine rings is 1. The highest BCUT2D eigenvalue weighted by Gasteiger charge is 2.09. The van der Waals surface area contributed by atoms with Gasteiger partial charge >= 0.3 is 5.97 Å². The summed E-state index contributed by atoms with van der Waals surface area (Å²) in [6.07, 6.45) is 1.16. The molecule has 2 rings (SSSR count). The number of hydrogen-bond donors (Lipinski definition) is 2. The van der Waals surface area contributed by atoms with Gasteiger partial charge in [-0.1, -0.05) is 12.1 Å². The van der Waals surface area contributed by atoms with E-state index in [9.17, 15) is 9.59 Å². The van der Waals surface area contributed by atoms with Crippen molar-refractivity contribution in [3.63, 3.8) is 0 Å². The third-order valence-electron chi connectivity index (χ3n) is 2.86. The number of aromatic nitrogens is 1. The molecule has 0 atom stereocenters. The molecule has 1 amide bonds. The van der Waals surface area contributed by atoms with Crippen molar-refractivity contribution in [1.82, 2.24) is 10.3 Å². The molecule has 1 aromatic heterocycles. The third-order valence-corrected chi connectivity index (χ3v) is 2.86. The van der Waals surface area contributed by atoms with Crippen molar-refractivity contribution < 1.29 is 19.4 Å². The van der Waals surface area contributed by atoms with E-state index in [0.29, 0.717) is 6.54 Å². The van der Waals surface area contributed by atoms with Gasteiger partial charge in [-0.15, -0.1) is 0 Å². The number of rotatable bonds is 5. The molecule has 0 spiro atoms. The number of hydrogen-bond acceptors (Lipinski definition) is 4. The first kappa shape index (κ1) is 14.5. The molecule has 6 nitrogen and oxygen atoms in total. The van der Waals surface area contributed by atoms with Crippen LogP contribution in [0.4, 0.5) is 0 Å². The number of aromatic carboxylic acids is 1. The smallest absolute Gasteiger partial charge is 0.337 e. The first-order valence-electron chi connectivity index (χ1n) is 6.20. The van der Waals surface area contributed by atoms with Crippen molar-refractivity contribution in [2.75, 3.05) is 7.11 Å². The number of ether oxygens (including phenoxy) is 1. The number of carboxylic acid groups (broad SMARTS) is 1. The summed E-state index contributed by atoms with van der Waals surface area (Å²) in [5, 5.41) is 11.5. The number of methoxy groups -OCH3 is 1. The Bertz CT molecular complexity index is 636. The van der Waals surface area contributed by atoms with E-state index in [1.807, 2.05) is 12.1 Å². The predicted molar refractivity (Wildman–Crippen MR) is 75.4 cm³/mol. The SMILES string of the molecule is COc1ccc(CNC(=O)c2ccc(C(=O)O)cn2)cc1. The summed E-state index contributed by atoms with van der Waals surface area (Å²) < 4.78 is 5.05. The lowest BCUT2D eigenvalue weighted by Crippen LogP contribution is -2.23. The molecule has 1 aromatic carbocycles. The van der Waals surface area contributed by atoms with Crippen molar-refractivity contribution in [2.45, 2.75) is 6.54 Å². The van der Waals surface area contributed by atoms with Gasteiger partial charge in [0.1, 0.15) is 11.4 Å². The average molecular weight is 286 g/mol. The van der Waals surface area contributed by atoms with Gasteiger partial charge in [0.2, 0.25) is 0 Å². The van der Waals surface area contributed by atoms with Crippen LogP contribution >= 0.6 is 0 Å². The van der Waals surface area contributed by atoms with Crippen molar-refractivity contribution in [3.8, 4) is 5.75 Å². The number of nitrogens with one attached hydrogen (secondary N) is 1. The van der Waals surface area contributed by atoms with E-state index in [4.69, 9.17) is 9.84 Å². The van der Waals surface area contributed by atoms with E-state index in [-0.39, 0.29) is 17.2 Å². The van der Waals surface area contributed by atoms with Gasteiger partial charge in [0.25, 0.3) is 5.91 Å². The number of carboxylic acids is 1. The number of amides is 1. The maximum Gasteiger partial charge on any atom is 0.337 e. The zero-order chi connectivity index (χ0) is 15.2. The molecule has 108 valence electrons. The first-order chi connectivity index (χ1) is 10.1. The van der Waals surface area contributed by atoms with Gasteiger partial charge in [0, 0.05) is 12.7 Å². The summed E-state index contributed by atoms with van der Waals surface area (Å²) in [5.41, 5.74) is 1.14. The lowest BCUT2D eigenvalue weighted by atomic mass is 10.2. The summed E-state index contributed by atoms with van der Waals surface area (Å²) in [6, 6.07) is 10.0. The Balaban J connectivity index is 1.95. The minimum absolute atomic E-state index is 0.0432. The highest BCUT2D eigenvalue weighted by molar-refractivity contribution is 5.93. The highest BCUT2D eigenvalue weighted by atomic mass is 16.5. The van der Waals surface area contributed by atoms with Crippen LogP contribution in [-0.2, 0) is 6.54 Å². The summed E-state index contributed by atoms with van der Waals surface area (Å²) in [7, 11) is 1.59. The van der Waals surface area contributed by atoms with Gasteiger partial charge in [0.05, 0.1) is 12.7 Å². The molecule has 0 fully saturated rings. The van der Waals surface area contributed by atoms with Gasteiger partial charge in [0.15, 0.2) is 0 Å². The van der Waals surface area contributed by atoms with E-state index in [0.717, 1.165) is 17.5 Å². The van der Waals surface area contributed by atoms with Crippen molar-refractivity contribution in [2.24, 2.45) is 0 Å². The zero-order valence-electron chi connectivity index (χ0n) is 11.4. The fourth-order valence-corrected chi connectivity index (χ4v) is 1.67. The Morgan fingerprint density at radius 1 is 1.19 bits per heavy atom. The molecule has 0 saturated carbocycles. The topological polar surface area (TPSA) is 88.5 Å².